The van der Waals surface area contributed by atoms with Crippen LogP contribution in [-0.4, -0.2) is 29.3 Å². The number of benzene rings is 2. The summed E-state index contributed by atoms with van der Waals surface area (Å²) in [6, 6.07) is 11.5. The number of halogens is 2. The molecule has 0 fully saturated rings. The molecule has 4 nitrogen and oxygen atoms in total. The van der Waals surface area contributed by atoms with Gasteiger partial charge in [-0.05, 0) is 17.7 Å². The van der Waals surface area contributed by atoms with Gasteiger partial charge < -0.3 is 5.11 Å². The molecule has 0 saturated carbocycles. The molecule has 0 spiro atoms. The van der Waals surface area contributed by atoms with E-state index in [4.69, 9.17) is 5.11 Å². The Morgan fingerprint density at radius 2 is 1.68 bits per heavy atom. The van der Waals surface area contributed by atoms with Gasteiger partial charge in [-0.15, -0.1) is 11.8 Å². The zero-order valence-electron chi connectivity index (χ0n) is 12.9. The van der Waals surface area contributed by atoms with Crippen molar-refractivity contribution in [3.8, 4) is 0 Å². The third-order valence-corrected chi connectivity index (χ3v) is 4.66. The van der Waals surface area contributed by atoms with Crippen molar-refractivity contribution in [3.05, 3.63) is 70.6 Å². The highest BCUT2D eigenvalue weighted by molar-refractivity contribution is 8.04. The summed E-state index contributed by atoms with van der Waals surface area (Å²) >= 11 is 1.05. The average Bonchev–Trinajstić information content (AvgIpc) is 2.86. The monoisotopic (exact) mass is 361 g/mol. The Hall–Kier alpha value is -2.51. The van der Waals surface area contributed by atoms with Gasteiger partial charge in [-0.2, -0.15) is 0 Å². The Morgan fingerprint density at radius 1 is 0.960 bits per heavy atom. The Balaban J connectivity index is 2.07. The highest BCUT2D eigenvalue weighted by Gasteiger charge is 2.40. The van der Waals surface area contributed by atoms with Crippen molar-refractivity contribution in [2.75, 3.05) is 17.3 Å². The lowest BCUT2D eigenvalue weighted by atomic mass is 10.1. The molecule has 1 N–H and O–H groups in total. The molecule has 2 amide bonds. The largest absolute Gasteiger partial charge is 0.396 e. The van der Waals surface area contributed by atoms with Crippen LogP contribution in [0, 0.1) is 11.6 Å². The molecule has 0 bridgehead atoms. The lowest BCUT2D eigenvalue weighted by Crippen LogP contribution is -2.31. The second kappa shape index (κ2) is 7.16. The number of aliphatic hydroxyl groups is 1. The smallest absolute Gasteiger partial charge is 0.272 e. The molecular formula is C18H13F2NO3S. The van der Waals surface area contributed by atoms with E-state index in [2.05, 4.69) is 0 Å². The molecule has 7 heteroatoms. The van der Waals surface area contributed by atoms with Gasteiger partial charge in [0.25, 0.3) is 11.8 Å². The standard InChI is InChI=1S/C18H13F2NO3S/c19-13-7-6-12(10-14(13)20)21-17(23)15(11-4-2-1-3-5-11)16(18(21)24)25-9-8-22/h1-7,10,22H,8-9H2. The van der Waals surface area contributed by atoms with Gasteiger partial charge in [-0.3, -0.25) is 9.59 Å². The number of carbonyl (C=O) groups excluding carboxylic acids is 2. The van der Waals surface area contributed by atoms with E-state index in [0.29, 0.717) is 5.56 Å². The molecule has 3 rings (SSSR count). The zero-order valence-corrected chi connectivity index (χ0v) is 13.7. The number of amides is 2. The van der Waals surface area contributed by atoms with E-state index in [1.807, 2.05) is 0 Å². The van der Waals surface area contributed by atoms with Crippen LogP contribution in [0.4, 0.5) is 14.5 Å². The fourth-order valence-electron chi connectivity index (χ4n) is 2.51. The quantitative estimate of drug-likeness (QED) is 0.832. The topological polar surface area (TPSA) is 57.6 Å². The van der Waals surface area contributed by atoms with Crippen LogP contribution in [0.5, 0.6) is 0 Å². The maximum atomic E-state index is 13.5. The van der Waals surface area contributed by atoms with Crippen molar-refractivity contribution < 1.29 is 23.5 Å². The third kappa shape index (κ3) is 3.20. The maximum absolute atomic E-state index is 13.5. The molecule has 1 aliphatic heterocycles. The third-order valence-electron chi connectivity index (χ3n) is 3.60. The van der Waals surface area contributed by atoms with E-state index in [-0.39, 0.29) is 28.5 Å². The number of hydrogen-bond acceptors (Lipinski definition) is 4. The van der Waals surface area contributed by atoms with Crippen molar-refractivity contribution in [1.29, 1.82) is 0 Å². The van der Waals surface area contributed by atoms with Crippen molar-refractivity contribution in [1.82, 2.24) is 0 Å². The minimum atomic E-state index is -1.14. The molecule has 1 aliphatic rings. The minimum absolute atomic E-state index is 0.0399. The van der Waals surface area contributed by atoms with Crippen molar-refractivity contribution in [2.45, 2.75) is 0 Å². The number of anilines is 1. The van der Waals surface area contributed by atoms with E-state index in [9.17, 15) is 18.4 Å². The molecular weight excluding hydrogens is 348 g/mol. The molecule has 0 unspecified atom stereocenters. The molecule has 0 aromatic heterocycles. The summed E-state index contributed by atoms with van der Waals surface area (Å²) in [5.74, 6) is -3.20. The number of hydrogen-bond donors (Lipinski definition) is 1. The summed E-state index contributed by atoms with van der Waals surface area (Å²) < 4.78 is 26.7. The van der Waals surface area contributed by atoms with Crippen LogP contribution in [-0.2, 0) is 9.59 Å². The SMILES string of the molecule is O=C1C(SCCO)=C(c2ccccc2)C(=O)N1c1ccc(F)c(F)c1. The van der Waals surface area contributed by atoms with Gasteiger partial charge >= 0.3 is 0 Å². The van der Waals surface area contributed by atoms with Crippen LogP contribution in [0.3, 0.4) is 0 Å². The average molecular weight is 361 g/mol. The summed E-state index contributed by atoms with van der Waals surface area (Å²) in [4.78, 5) is 26.6. The lowest BCUT2D eigenvalue weighted by Gasteiger charge is -2.15. The minimum Gasteiger partial charge on any atom is -0.396 e. The van der Waals surface area contributed by atoms with Crippen molar-refractivity contribution >= 4 is 34.8 Å². The predicted octanol–water partition coefficient (Wildman–Crippen LogP) is 2.97. The maximum Gasteiger partial charge on any atom is 0.272 e. The number of nitrogens with zero attached hydrogens (tertiary/aromatic N) is 1. The van der Waals surface area contributed by atoms with Crippen LogP contribution in [0.1, 0.15) is 5.56 Å². The second-order valence-corrected chi connectivity index (χ2v) is 6.29. The van der Waals surface area contributed by atoms with Crippen molar-refractivity contribution in [3.63, 3.8) is 0 Å². The number of carbonyl (C=O) groups is 2. The molecule has 128 valence electrons. The molecule has 0 aliphatic carbocycles. The van der Waals surface area contributed by atoms with Gasteiger partial charge in [0.1, 0.15) is 0 Å². The molecule has 2 aromatic carbocycles. The first-order valence-corrected chi connectivity index (χ1v) is 8.40. The van der Waals surface area contributed by atoms with Gasteiger partial charge in [0.2, 0.25) is 0 Å². The predicted molar refractivity (Wildman–Crippen MR) is 91.8 cm³/mol. The van der Waals surface area contributed by atoms with Gasteiger partial charge in [0, 0.05) is 11.8 Å². The Morgan fingerprint density at radius 3 is 2.32 bits per heavy atom. The number of rotatable bonds is 5. The first-order valence-electron chi connectivity index (χ1n) is 7.41. The van der Waals surface area contributed by atoms with Crippen LogP contribution in [0.15, 0.2) is 53.4 Å². The first-order chi connectivity index (χ1) is 12.0. The number of thioether (sulfide) groups is 1. The van der Waals surface area contributed by atoms with Gasteiger partial charge in [-0.25, -0.2) is 13.7 Å². The van der Waals surface area contributed by atoms with E-state index in [1.54, 1.807) is 30.3 Å². The number of aliphatic hydroxyl groups excluding tert-OH is 1. The van der Waals surface area contributed by atoms with Gasteiger partial charge in [-0.1, -0.05) is 30.3 Å². The van der Waals surface area contributed by atoms with Gasteiger partial charge in [0.05, 0.1) is 22.8 Å². The van der Waals surface area contributed by atoms with Crippen LogP contribution >= 0.6 is 11.8 Å². The Kier molecular flexibility index (Phi) is 4.96. The highest BCUT2D eigenvalue weighted by Crippen LogP contribution is 2.38. The molecule has 2 aromatic rings. The second-order valence-electron chi connectivity index (χ2n) is 5.19. The molecule has 0 radical (unpaired) electrons. The summed E-state index contributed by atoms with van der Waals surface area (Å²) in [6.07, 6.45) is 0. The van der Waals surface area contributed by atoms with Crippen LogP contribution in [0.2, 0.25) is 0 Å². The molecule has 0 atom stereocenters. The fraction of sp³-hybridized carbons (Fsp3) is 0.111. The van der Waals surface area contributed by atoms with E-state index in [1.165, 1.54) is 6.07 Å². The van der Waals surface area contributed by atoms with Crippen LogP contribution < -0.4 is 4.90 Å². The highest BCUT2D eigenvalue weighted by atomic mass is 32.2. The van der Waals surface area contributed by atoms with Crippen LogP contribution in [0.25, 0.3) is 5.57 Å². The Bertz CT molecular complexity index is 868. The Labute approximate surface area is 146 Å². The lowest BCUT2D eigenvalue weighted by molar-refractivity contribution is -0.119. The fourth-order valence-corrected chi connectivity index (χ4v) is 3.37. The molecule has 1 heterocycles. The molecule has 25 heavy (non-hydrogen) atoms. The summed E-state index contributed by atoms with van der Waals surface area (Å²) in [6.45, 7) is -0.164. The first kappa shape index (κ1) is 17.3. The summed E-state index contributed by atoms with van der Waals surface area (Å²) in [5.41, 5.74) is 0.696. The number of imide groups is 1. The van der Waals surface area contributed by atoms with Gasteiger partial charge in [0.15, 0.2) is 11.6 Å². The zero-order chi connectivity index (χ0) is 18.0. The van der Waals surface area contributed by atoms with Crippen molar-refractivity contribution in [2.24, 2.45) is 0 Å². The van der Waals surface area contributed by atoms with E-state index >= 15 is 0 Å². The summed E-state index contributed by atoms with van der Waals surface area (Å²) in [7, 11) is 0. The normalized spacial score (nSPS) is 14.6. The summed E-state index contributed by atoms with van der Waals surface area (Å²) in [5, 5.41) is 9.04. The van der Waals surface area contributed by atoms with E-state index in [0.717, 1.165) is 28.8 Å². The molecule has 0 saturated heterocycles. The van der Waals surface area contributed by atoms with E-state index < -0.39 is 23.4 Å².